The molecule has 1 aliphatic heterocycles. The fourth-order valence-electron chi connectivity index (χ4n) is 2.34. The van der Waals surface area contributed by atoms with Crippen LogP contribution in [0.5, 0.6) is 0 Å². The van der Waals surface area contributed by atoms with Crippen molar-refractivity contribution in [3.05, 3.63) is 23.6 Å². The lowest BCUT2D eigenvalue weighted by Gasteiger charge is -2.33. The van der Waals surface area contributed by atoms with Crippen LogP contribution >= 0.6 is 11.3 Å². The minimum Gasteiger partial charge on any atom is -0.369 e. The Morgan fingerprint density at radius 1 is 1.29 bits per heavy atom. The smallest absolute Gasteiger partial charge is 0.368 e. The fourth-order valence-corrected chi connectivity index (χ4v) is 4.58. The zero-order valence-corrected chi connectivity index (χ0v) is 14.5. The van der Waals surface area contributed by atoms with Crippen molar-refractivity contribution in [3.63, 3.8) is 0 Å². The number of hydrogen-bond donors (Lipinski definition) is 1. The van der Waals surface area contributed by atoms with Gasteiger partial charge in [-0.3, -0.25) is 0 Å². The molecule has 2 aromatic rings. The normalized spacial score (nSPS) is 16.3. The van der Waals surface area contributed by atoms with Gasteiger partial charge < -0.3 is 14.3 Å². The van der Waals surface area contributed by atoms with Gasteiger partial charge in [-0.15, -0.1) is 0 Å². The van der Waals surface area contributed by atoms with Gasteiger partial charge in [0.1, 0.15) is 4.88 Å². The summed E-state index contributed by atoms with van der Waals surface area (Å²) in [5.74, 6) is 4.21. The lowest BCUT2D eigenvalue weighted by atomic mass is 10.4. The minimum atomic E-state index is -3.59. The molecule has 0 aliphatic carbocycles. The summed E-state index contributed by atoms with van der Waals surface area (Å²) >= 11 is 1.16. The van der Waals surface area contributed by atoms with Crippen molar-refractivity contribution in [1.82, 2.24) is 18.8 Å². The molecule has 1 saturated heterocycles. The Kier molecular flexibility index (Phi) is 4.54. The van der Waals surface area contributed by atoms with E-state index in [1.165, 1.54) is 23.0 Å². The van der Waals surface area contributed by atoms with Crippen molar-refractivity contribution in [2.45, 2.75) is 5.03 Å². The molecule has 0 saturated carbocycles. The number of anilines is 1. The van der Waals surface area contributed by atoms with E-state index in [-0.39, 0.29) is 5.03 Å². The van der Waals surface area contributed by atoms with Crippen molar-refractivity contribution in [2.24, 2.45) is 12.9 Å². The maximum atomic E-state index is 12.5. The molecule has 0 radical (unpaired) electrons. The van der Waals surface area contributed by atoms with Gasteiger partial charge in [-0.1, -0.05) is 11.3 Å². The number of nitrogens with two attached hydrogens (primary N) is 1. The number of carbonyl (C=O) groups excluding carboxylic acids is 1. The van der Waals surface area contributed by atoms with E-state index < -0.39 is 16.0 Å². The first kappa shape index (κ1) is 16.8. The molecular weight excluding hydrogens is 356 g/mol. The summed E-state index contributed by atoms with van der Waals surface area (Å²) in [4.78, 5) is 25.8. The van der Waals surface area contributed by atoms with Gasteiger partial charge in [0.15, 0.2) is 10.2 Å². The zero-order chi connectivity index (χ0) is 17.3. The van der Waals surface area contributed by atoms with E-state index in [2.05, 4.69) is 14.8 Å². The van der Waals surface area contributed by atoms with E-state index in [1.54, 1.807) is 11.6 Å². The number of carbonyl (C=O) groups is 1. The molecule has 0 atom stereocenters. The van der Waals surface area contributed by atoms with Gasteiger partial charge in [0.25, 0.3) is 10.0 Å². The predicted molar refractivity (Wildman–Crippen MR) is 85.9 cm³/mol. The third-order valence-electron chi connectivity index (χ3n) is 3.60. The molecule has 130 valence electrons. The second kappa shape index (κ2) is 6.47. The lowest BCUT2D eigenvalue weighted by molar-refractivity contribution is 0.0509. The molecule has 0 bridgehead atoms. The molecule has 2 aromatic heterocycles. The van der Waals surface area contributed by atoms with Crippen LogP contribution in [0.1, 0.15) is 9.67 Å². The number of aromatic nitrogens is 3. The molecule has 3 rings (SSSR count). The van der Waals surface area contributed by atoms with Crippen LogP contribution in [0.25, 0.3) is 0 Å². The Morgan fingerprint density at radius 3 is 2.58 bits per heavy atom. The highest BCUT2D eigenvalue weighted by Gasteiger charge is 2.31. The van der Waals surface area contributed by atoms with Crippen LogP contribution in [0.4, 0.5) is 5.13 Å². The lowest BCUT2D eigenvalue weighted by Crippen LogP contribution is -2.48. The third kappa shape index (κ3) is 3.13. The van der Waals surface area contributed by atoms with Crippen LogP contribution in [0, 0.1) is 0 Å². The van der Waals surface area contributed by atoms with E-state index in [0.717, 1.165) is 11.3 Å². The average molecular weight is 372 g/mol. The summed E-state index contributed by atoms with van der Waals surface area (Å²) in [6.45, 7) is 1.57. The van der Waals surface area contributed by atoms with E-state index in [4.69, 9.17) is 5.90 Å². The van der Waals surface area contributed by atoms with Crippen LogP contribution < -0.4 is 10.8 Å². The largest absolute Gasteiger partial charge is 0.369 e. The van der Waals surface area contributed by atoms with Crippen molar-refractivity contribution in [2.75, 3.05) is 31.1 Å². The number of thiazole rings is 1. The van der Waals surface area contributed by atoms with Crippen molar-refractivity contribution < 1.29 is 18.0 Å². The van der Waals surface area contributed by atoms with Crippen LogP contribution in [-0.2, 0) is 21.9 Å². The molecule has 3 heterocycles. The molecule has 12 heteroatoms. The van der Waals surface area contributed by atoms with Crippen LogP contribution in [0.3, 0.4) is 0 Å². The summed E-state index contributed by atoms with van der Waals surface area (Å²) < 4.78 is 28.0. The Balaban J connectivity index is 1.67. The molecule has 10 nitrogen and oxygen atoms in total. The fraction of sp³-hybridized carbons (Fsp3) is 0.417. The van der Waals surface area contributed by atoms with Gasteiger partial charge in [-0.2, -0.15) is 10.2 Å². The Bertz CT molecular complexity index is 837. The van der Waals surface area contributed by atoms with Gasteiger partial charge in [0.2, 0.25) is 0 Å². The topological polar surface area (TPSA) is 124 Å². The van der Waals surface area contributed by atoms with Gasteiger partial charge in [0.05, 0.1) is 12.5 Å². The predicted octanol–water partition coefficient (Wildman–Crippen LogP) is -0.582. The molecular formula is C12H16N6O4S2. The number of rotatable bonds is 4. The van der Waals surface area contributed by atoms with Crippen LogP contribution in [0.2, 0.25) is 0 Å². The number of nitrogens with zero attached hydrogens (tertiary/aromatic N) is 5. The summed E-state index contributed by atoms with van der Waals surface area (Å²) in [6.07, 6.45) is 4.33. The summed E-state index contributed by atoms with van der Waals surface area (Å²) in [5, 5.41) is 0.672. The molecule has 1 fully saturated rings. The van der Waals surface area contributed by atoms with Crippen LogP contribution in [0.15, 0.2) is 23.7 Å². The highest BCUT2D eigenvalue weighted by molar-refractivity contribution is 7.89. The quantitative estimate of drug-likeness (QED) is 0.707. The summed E-state index contributed by atoms with van der Waals surface area (Å²) in [5.41, 5.74) is 0. The van der Waals surface area contributed by atoms with E-state index in [1.807, 2.05) is 4.90 Å². The monoisotopic (exact) mass is 372 g/mol. The van der Waals surface area contributed by atoms with Gasteiger partial charge in [-0.25, -0.2) is 23.2 Å². The SMILES string of the molecule is Cn1cnc(S(=O)(=O)N2CCN(c3ncc(C(=O)ON)s3)CC2)c1. The molecule has 0 aromatic carbocycles. The van der Waals surface area contributed by atoms with E-state index in [9.17, 15) is 13.2 Å². The molecule has 0 amide bonds. The summed E-state index contributed by atoms with van der Waals surface area (Å²) in [6, 6.07) is 0. The first-order valence-corrected chi connectivity index (χ1v) is 9.27. The summed E-state index contributed by atoms with van der Waals surface area (Å²) in [7, 11) is -1.87. The van der Waals surface area contributed by atoms with Gasteiger partial charge in [0, 0.05) is 39.4 Å². The van der Waals surface area contributed by atoms with Crippen molar-refractivity contribution >= 4 is 32.5 Å². The van der Waals surface area contributed by atoms with Gasteiger partial charge >= 0.3 is 5.97 Å². The highest BCUT2D eigenvalue weighted by Crippen LogP contribution is 2.25. The van der Waals surface area contributed by atoms with Gasteiger partial charge in [-0.05, 0) is 0 Å². The second-order valence-electron chi connectivity index (χ2n) is 5.18. The third-order valence-corrected chi connectivity index (χ3v) is 6.42. The molecule has 1 aliphatic rings. The Labute approximate surface area is 142 Å². The molecule has 2 N–H and O–H groups in total. The Hall–Kier alpha value is -2.02. The molecule has 0 unspecified atom stereocenters. The molecule has 0 spiro atoms. The first-order valence-electron chi connectivity index (χ1n) is 7.02. The maximum Gasteiger partial charge on any atom is 0.368 e. The maximum absolute atomic E-state index is 12.5. The number of hydrogen-bond acceptors (Lipinski definition) is 9. The van der Waals surface area contributed by atoms with E-state index >= 15 is 0 Å². The number of aryl methyl sites for hydroxylation is 1. The highest BCUT2D eigenvalue weighted by atomic mass is 32.2. The van der Waals surface area contributed by atoms with Crippen molar-refractivity contribution in [1.29, 1.82) is 0 Å². The van der Waals surface area contributed by atoms with Crippen molar-refractivity contribution in [3.8, 4) is 0 Å². The minimum absolute atomic E-state index is 0.0423. The number of sulfonamides is 1. The second-order valence-corrected chi connectivity index (χ2v) is 8.07. The number of piperazine rings is 1. The molecule has 24 heavy (non-hydrogen) atoms. The van der Waals surface area contributed by atoms with E-state index in [0.29, 0.717) is 36.2 Å². The number of imidazole rings is 1. The standard InChI is InChI=1S/C12H16N6O4S2/c1-16-7-10(15-8-16)24(20,21)18-4-2-17(3-5-18)12-14-6-9(23-12)11(19)22-13/h6-8H,2-5,13H2,1H3. The Morgan fingerprint density at radius 2 is 2.00 bits per heavy atom. The van der Waals surface area contributed by atoms with Crippen LogP contribution in [-0.4, -0.2) is 59.4 Å². The average Bonchev–Trinajstić information content (AvgIpc) is 3.23. The zero-order valence-electron chi connectivity index (χ0n) is 12.8. The first-order chi connectivity index (χ1) is 11.4.